The number of carbonyl (C=O) groups excluding carboxylic acids is 1. The number of nitrogens with one attached hydrogen (secondary N) is 2. The Bertz CT molecular complexity index is 1100. The van der Waals surface area contributed by atoms with Gasteiger partial charge in [-0.15, -0.1) is 0 Å². The highest BCUT2D eigenvalue weighted by Crippen LogP contribution is 2.32. The highest BCUT2D eigenvalue weighted by atomic mass is 35.5. The molecular weight excluding hydrogens is 433 g/mol. The Labute approximate surface area is 190 Å². The number of carbonyl (C=O) groups is 1. The number of amides is 1. The largest absolute Gasteiger partial charge is 0.489 e. The van der Waals surface area contributed by atoms with E-state index in [9.17, 15) is 9.18 Å². The molecule has 9 heteroatoms. The molecule has 1 aromatic heterocycles. The van der Waals surface area contributed by atoms with Crippen molar-refractivity contribution in [3.05, 3.63) is 58.0 Å². The molecule has 0 aliphatic carbocycles. The maximum atomic E-state index is 14.1. The summed E-state index contributed by atoms with van der Waals surface area (Å²) in [6.45, 7) is 2.37. The van der Waals surface area contributed by atoms with E-state index >= 15 is 0 Å². The topological polar surface area (TPSA) is 94.6 Å². The average Bonchev–Trinajstić information content (AvgIpc) is 3.31. The third-order valence-electron chi connectivity index (χ3n) is 6.53. The monoisotopic (exact) mass is 458 g/mol. The van der Waals surface area contributed by atoms with Gasteiger partial charge >= 0.3 is 5.82 Å². The van der Waals surface area contributed by atoms with Crippen molar-refractivity contribution in [3.63, 3.8) is 0 Å². The van der Waals surface area contributed by atoms with Crippen LogP contribution in [0.4, 0.5) is 4.39 Å². The first-order valence-electron chi connectivity index (χ1n) is 10.9. The number of piperidine rings is 1. The molecule has 3 atom stereocenters. The van der Waals surface area contributed by atoms with E-state index in [4.69, 9.17) is 22.1 Å². The minimum absolute atomic E-state index is 0.0322. The Morgan fingerprint density at radius 3 is 2.78 bits per heavy atom. The number of rotatable bonds is 4. The molecule has 5 rings (SSSR count). The molecule has 2 bridgehead atoms. The Hall–Kier alpha value is -2.71. The number of hydrogen-bond donors (Lipinski definition) is 2. The number of nitrogens with two attached hydrogens (primary N) is 1. The van der Waals surface area contributed by atoms with Gasteiger partial charge in [-0.05, 0) is 42.8 Å². The van der Waals surface area contributed by atoms with E-state index in [0.717, 1.165) is 31.3 Å². The fourth-order valence-corrected chi connectivity index (χ4v) is 4.98. The van der Waals surface area contributed by atoms with Crippen molar-refractivity contribution < 1.29 is 18.9 Å². The third kappa shape index (κ3) is 4.04. The van der Waals surface area contributed by atoms with Gasteiger partial charge in [-0.3, -0.25) is 4.79 Å². The van der Waals surface area contributed by atoms with Gasteiger partial charge in [-0.2, -0.15) is 0 Å². The van der Waals surface area contributed by atoms with E-state index in [2.05, 4.69) is 15.3 Å². The second-order valence-electron chi connectivity index (χ2n) is 8.84. The SMILES string of the molecule is Cc1nc(C2=C(N)CN(C(=O)c3ccc(F)cc3OC3C[C@H]4CC[C@@H](C3)N4)C2)[nH+]cc1Cl. The fraction of sp³-hybridized carbons (Fsp3) is 0.435. The van der Waals surface area contributed by atoms with Crippen LogP contribution < -0.4 is 20.8 Å². The third-order valence-corrected chi connectivity index (χ3v) is 6.91. The summed E-state index contributed by atoms with van der Waals surface area (Å²) in [7, 11) is 0. The number of aromatic amines is 1. The molecule has 4 heterocycles. The van der Waals surface area contributed by atoms with Crippen LogP contribution in [0.3, 0.4) is 0 Å². The van der Waals surface area contributed by atoms with Gasteiger partial charge < -0.3 is 20.7 Å². The van der Waals surface area contributed by atoms with Crippen LogP contribution in [0.15, 0.2) is 30.1 Å². The van der Waals surface area contributed by atoms with Crippen LogP contribution in [0.1, 0.15) is 47.6 Å². The van der Waals surface area contributed by atoms with Crippen molar-refractivity contribution in [2.45, 2.75) is 50.8 Å². The molecule has 3 aliphatic rings. The number of nitrogens with zero attached hydrogens (tertiary/aromatic N) is 2. The number of aromatic nitrogens is 2. The van der Waals surface area contributed by atoms with Crippen LogP contribution in [-0.2, 0) is 0 Å². The van der Waals surface area contributed by atoms with Gasteiger partial charge in [0.15, 0.2) is 5.69 Å². The number of benzene rings is 1. The highest BCUT2D eigenvalue weighted by Gasteiger charge is 2.36. The summed E-state index contributed by atoms with van der Waals surface area (Å²) in [5, 5.41) is 4.09. The average molecular weight is 459 g/mol. The Balaban J connectivity index is 1.35. The van der Waals surface area contributed by atoms with Crippen molar-refractivity contribution in [2.75, 3.05) is 13.1 Å². The molecule has 1 aromatic carbocycles. The summed E-state index contributed by atoms with van der Waals surface area (Å²) < 4.78 is 20.2. The van der Waals surface area contributed by atoms with Crippen molar-refractivity contribution in [1.29, 1.82) is 0 Å². The Morgan fingerprint density at radius 1 is 1.31 bits per heavy atom. The molecule has 168 valence electrons. The molecule has 2 fully saturated rings. The van der Waals surface area contributed by atoms with Crippen LogP contribution in [0.25, 0.3) is 5.57 Å². The number of ether oxygens (including phenoxy) is 1. The van der Waals surface area contributed by atoms with Crippen molar-refractivity contribution in [3.8, 4) is 5.75 Å². The molecule has 3 aliphatic heterocycles. The molecule has 4 N–H and O–H groups in total. The van der Waals surface area contributed by atoms with Crippen LogP contribution >= 0.6 is 11.6 Å². The first-order chi connectivity index (χ1) is 15.4. The van der Waals surface area contributed by atoms with Gasteiger partial charge in [0.1, 0.15) is 28.9 Å². The molecule has 7 nitrogen and oxygen atoms in total. The second-order valence-corrected chi connectivity index (χ2v) is 9.24. The number of halogens is 2. The lowest BCUT2D eigenvalue weighted by molar-refractivity contribution is -0.386. The van der Waals surface area contributed by atoms with E-state index in [1.165, 1.54) is 18.2 Å². The van der Waals surface area contributed by atoms with E-state index in [0.29, 0.717) is 52.2 Å². The molecule has 32 heavy (non-hydrogen) atoms. The first-order valence-corrected chi connectivity index (χ1v) is 11.3. The minimum atomic E-state index is -0.427. The van der Waals surface area contributed by atoms with E-state index < -0.39 is 5.82 Å². The van der Waals surface area contributed by atoms with Gasteiger partial charge in [0.25, 0.3) is 5.91 Å². The highest BCUT2D eigenvalue weighted by molar-refractivity contribution is 6.30. The lowest BCUT2D eigenvalue weighted by atomic mass is 10.0. The van der Waals surface area contributed by atoms with E-state index in [-0.39, 0.29) is 18.6 Å². The van der Waals surface area contributed by atoms with Crippen LogP contribution in [0, 0.1) is 12.7 Å². The molecular formula is C23H26ClFN5O2+. The molecule has 1 unspecified atom stereocenters. The quantitative estimate of drug-likeness (QED) is 0.734. The fourth-order valence-electron chi connectivity index (χ4n) is 4.89. The van der Waals surface area contributed by atoms with E-state index in [1.807, 2.05) is 6.92 Å². The maximum absolute atomic E-state index is 14.1. The minimum Gasteiger partial charge on any atom is -0.489 e. The molecule has 0 saturated carbocycles. The van der Waals surface area contributed by atoms with Crippen LogP contribution in [0.2, 0.25) is 5.02 Å². The van der Waals surface area contributed by atoms with Crippen LogP contribution in [0.5, 0.6) is 5.75 Å². The van der Waals surface area contributed by atoms with E-state index in [1.54, 1.807) is 11.1 Å². The summed E-state index contributed by atoms with van der Waals surface area (Å²) in [5.74, 6) is 0.199. The Morgan fingerprint density at radius 2 is 2.06 bits per heavy atom. The second kappa shape index (κ2) is 8.33. The summed E-state index contributed by atoms with van der Waals surface area (Å²) in [6, 6.07) is 4.96. The summed E-state index contributed by atoms with van der Waals surface area (Å²) >= 11 is 6.06. The van der Waals surface area contributed by atoms with Crippen molar-refractivity contribution >= 4 is 23.1 Å². The van der Waals surface area contributed by atoms with Gasteiger partial charge in [0.05, 0.1) is 24.2 Å². The smallest absolute Gasteiger partial charge is 0.327 e. The predicted molar refractivity (Wildman–Crippen MR) is 118 cm³/mol. The predicted octanol–water partition coefficient (Wildman–Crippen LogP) is 2.48. The van der Waals surface area contributed by atoms with Gasteiger partial charge in [-0.1, -0.05) is 11.6 Å². The zero-order valence-corrected chi connectivity index (χ0v) is 18.6. The number of hydrogen-bond acceptors (Lipinski definition) is 5. The summed E-state index contributed by atoms with van der Waals surface area (Å²) in [5.41, 5.74) is 8.58. The summed E-state index contributed by atoms with van der Waals surface area (Å²) in [4.78, 5) is 22.5. The molecule has 0 spiro atoms. The zero-order chi connectivity index (χ0) is 22.4. The molecule has 2 aromatic rings. The lowest BCUT2D eigenvalue weighted by Crippen LogP contribution is -2.42. The van der Waals surface area contributed by atoms with Gasteiger partial charge in [0, 0.05) is 30.8 Å². The van der Waals surface area contributed by atoms with Crippen molar-refractivity contribution in [1.82, 2.24) is 15.2 Å². The number of fused-ring (bicyclic) bond motifs is 2. The standard InChI is InChI=1S/C23H25ClFN5O2/c1-12-19(24)9-27-22(28-12)18-10-30(11-20(18)26)23(31)17-5-2-13(25)6-21(17)32-16-7-14-3-4-15(8-16)29-14/h2,5-6,9,14-16,29H,3-4,7-8,10-11,26H2,1H3/p+1/t14-,15+,16?. The van der Waals surface area contributed by atoms with Gasteiger partial charge in [0.2, 0.25) is 0 Å². The lowest BCUT2D eigenvalue weighted by Gasteiger charge is -2.30. The normalized spacial score (nSPS) is 24.8. The zero-order valence-electron chi connectivity index (χ0n) is 17.8. The van der Waals surface area contributed by atoms with Gasteiger partial charge in [-0.25, -0.2) is 9.37 Å². The molecule has 2 saturated heterocycles. The van der Waals surface area contributed by atoms with Crippen LogP contribution in [-0.4, -0.2) is 47.1 Å². The number of aryl methyl sites for hydroxylation is 1. The number of H-pyrrole nitrogens is 1. The first kappa shape index (κ1) is 21.2. The van der Waals surface area contributed by atoms with Crippen molar-refractivity contribution in [2.24, 2.45) is 5.73 Å². The maximum Gasteiger partial charge on any atom is 0.327 e. The Kier molecular flexibility index (Phi) is 5.51. The summed E-state index contributed by atoms with van der Waals surface area (Å²) in [6.07, 6.45) is 5.62. The molecule has 0 radical (unpaired) electrons. The molecule has 1 amide bonds.